The largest absolute Gasteiger partial charge is 0.283 e. The van der Waals surface area contributed by atoms with E-state index in [1.807, 2.05) is 29.7 Å². The Bertz CT molecular complexity index is 1200. The number of nitrogens with zero attached hydrogens (tertiary/aromatic N) is 5. The van der Waals surface area contributed by atoms with Crippen molar-refractivity contribution >= 4 is 17.2 Å². The number of benzene rings is 2. The number of rotatable bonds is 3. The molecule has 0 spiro atoms. The van der Waals surface area contributed by atoms with Crippen LogP contribution in [-0.2, 0) is 0 Å². The lowest BCUT2D eigenvalue weighted by molar-refractivity contribution is 0.628. The Morgan fingerprint density at radius 2 is 1.81 bits per heavy atom. The van der Waals surface area contributed by atoms with Crippen LogP contribution in [0.2, 0.25) is 0 Å². The van der Waals surface area contributed by atoms with E-state index in [4.69, 9.17) is 0 Å². The Labute approximate surface area is 155 Å². The van der Waals surface area contributed by atoms with Gasteiger partial charge in [0.1, 0.15) is 28.9 Å². The van der Waals surface area contributed by atoms with Gasteiger partial charge in [-0.25, -0.2) is 9.37 Å². The smallest absolute Gasteiger partial charge is 0.187 e. The highest BCUT2D eigenvalue weighted by Gasteiger charge is 2.14. The van der Waals surface area contributed by atoms with E-state index >= 15 is 0 Å². The molecule has 0 saturated heterocycles. The highest BCUT2D eigenvalue weighted by molar-refractivity contribution is 5.74. The van der Waals surface area contributed by atoms with Crippen molar-refractivity contribution in [2.75, 3.05) is 0 Å². The summed E-state index contributed by atoms with van der Waals surface area (Å²) >= 11 is 0. The van der Waals surface area contributed by atoms with Gasteiger partial charge in [0.15, 0.2) is 5.82 Å². The minimum absolute atomic E-state index is 0.315. The Morgan fingerprint density at radius 3 is 2.59 bits per heavy atom. The second-order valence-corrected chi connectivity index (χ2v) is 6.05. The third-order valence-electron chi connectivity index (χ3n) is 4.15. The van der Waals surface area contributed by atoms with Crippen LogP contribution in [0.25, 0.3) is 16.9 Å². The second-order valence-electron chi connectivity index (χ2n) is 6.05. The molecule has 5 nitrogen and oxygen atoms in total. The van der Waals surface area contributed by atoms with Gasteiger partial charge in [0.25, 0.3) is 0 Å². The summed E-state index contributed by atoms with van der Waals surface area (Å²) in [5.41, 5.74) is 4.04. The number of imidazole rings is 1. The summed E-state index contributed by atoms with van der Waals surface area (Å²) in [5.74, 6) is 0.203. The zero-order chi connectivity index (χ0) is 18.8. The molecule has 2 aromatic heterocycles. The maximum absolute atomic E-state index is 13.3. The summed E-state index contributed by atoms with van der Waals surface area (Å²) in [5, 5.41) is 17.9. The molecule has 4 rings (SSSR count). The first kappa shape index (κ1) is 16.6. The molecule has 0 radical (unpaired) electrons. The second kappa shape index (κ2) is 6.81. The Hall–Kier alpha value is -3.85. The van der Waals surface area contributed by atoms with Gasteiger partial charge in [-0.15, -0.1) is 10.2 Å². The van der Waals surface area contributed by atoms with E-state index in [1.165, 1.54) is 12.1 Å². The molecule has 0 fully saturated rings. The SMILES string of the molecule is Cc1ccn2c(N=Nc3ccccc3C#N)c(-c3ccc(F)cc3)nc2c1. The van der Waals surface area contributed by atoms with E-state index in [9.17, 15) is 9.65 Å². The van der Waals surface area contributed by atoms with E-state index in [-0.39, 0.29) is 5.82 Å². The van der Waals surface area contributed by atoms with Gasteiger partial charge in [-0.05, 0) is 61.0 Å². The highest BCUT2D eigenvalue weighted by Crippen LogP contribution is 2.33. The number of fused-ring (bicyclic) bond motifs is 1. The van der Waals surface area contributed by atoms with Crippen molar-refractivity contribution in [1.82, 2.24) is 9.38 Å². The fourth-order valence-corrected chi connectivity index (χ4v) is 2.79. The quantitative estimate of drug-likeness (QED) is 0.440. The first-order valence-corrected chi connectivity index (χ1v) is 8.31. The van der Waals surface area contributed by atoms with Gasteiger partial charge in [-0.1, -0.05) is 12.1 Å². The topological polar surface area (TPSA) is 65.8 Å². The van der Waals surface area contributed by atoms with Crippen LogP contribution in [0.4, 0.5) is 15.9 Å². The predicted octanol–water partition coefficient (Wildman–Crippen LogP) is 5.74. The standard InChI is InChI=1S/C21H14FN5/c1-14-10-11-27-19(12-14)24-20(15-6-8-17(22)9-7-15)21(27)26-25-18-5-3-2-4-16(18)13-23/h2-12H,1H3. The Balaban J connectivity index is 1.90. The molecule has 0 aliphatic carbocycles. The number of nitriles is 1. The maximum atomic E-state index is 13.3. The minimum Gasteiger partial charge on any atom is -0.283 e. The van der Waals surface area contributed by atoms with E-state index < -0.39 is 0 Å². The van der Waals surface area contributed by atoms with Gasteiger partial charge < -0.3 is 0 Å². The molecule has 2 heterocycles. The van der Waals surface area contributed by atoms with Gasteiger partial charge in [-0.2, -0.15) is 5.26 Å². The van der Waals surface area contributed by atoms with E-state index in [0.717, 1.165) is 16.8 Å². The summed E-state index contributed by atoms with van der Waals surface area (Å²) in [6, 6.07) is 19.1. The molecular formula is C21H14FN5. The average Bonchev–Trinajstić information content (AvgIpc) is 3.04. The molecule has 4 aromatic rings. The van der Waals surface area contributed by atoms with E-state index in [2.05, 4.69) is 21.3 Å². The lowest BCUT2D eigenvalue weighted by Crippen LogP contribution is -1.84. The van der Waals surface area contributed by atoms with Gasteiger partial charge in [0.05, 0.1) is 5.56 Å². The normalized spacial score (nSPS) is 11.1. The number of aryl methyl sites for hydroxylation is 1. The van der Waals surface area contributed by atoms with Crippen molar-refractivity contribution < 1.29 is 4.39 Å². The zero-order valence-electron chi connectivity index (χ0n) is 14.5. The van der Waals surface area contributed by atoms with Crippen molar-refractivity contribution in [1.29, 1.82) is 5.26 Å². The summed E-state index contributed by atoms with van der Waals surface area (Å²) in [6.07, 6.45) is 1.87. The zero-order valence-corrected chi connectivity index (χ0v) is 14.5. The van der Waals surface area contributed by atoms with Crippen LogP contribution in [0.1, 0.15) is 11.1 Å². The third-order valence-corrected chi connectivity index (χ3v) is 4.15. The first-order chi connectivity index (χ1) is 13.2. The van der Waals surface area contributed by atoms with Crippen molar-refractivity contribution in [3.63, 3.8) is 0 Å². The molecule has 0 aliphatic heterocycles. The van der Waals surface area contributed by atoms with Gasteiger partial charge >= 0.3 is 0 Å². The molecular weight excluding hydrogens is 341 g/mol. The van der Waals surface area contributed by atoms with E-state index in [1.54, 1.807) is 36.4 Å². The summed E-state index contributed by atoms with van der Waals surface area (Å²) in [4.78, 5) is 4.65. The molecule has 0 aliphatic rings. The Morgan fingerprint density at radius 1 is 1.04 bits per heavy atom. The number of pyridine rings is 1. The van der Waals surface area contributed by atoms with Gasteiger partial charge in [0, 0.05) is 11.8 Å². The molecule has 130 valence electrons. The first-order valence-electron chi connectivity index (χ1n) is 8.31. The lowest BCUT2D eigenvalue weighted by Gasteiger charge is -2.01. The number of hydrogen-bond donors (Lipinski definition) is 0. The van der Waals surface area contributed by atoms with E-state index in [0.29, 0.717) is 22.8 Å². The van der Waals surface area contributed by atoms with Crippen LogP contribution >= 0.6 is 0 Å². The molecule has 0 unspecified atom stereocenters. The van der Waals surface area contributed by atoms with Crippen LogP contribution < -0.4 is 0 Å². The number of aromatic nitrogens is 2. The van der Waals surface area contributed by atoms with Crippen molar-refractivity contribution in [2.45, 2.75) is 6.92 Å². The van der Waals surface area contributed by atoms with Gasteiger partial charge in [0.2, 0.25) is 0 Å². The van der Waals surface area contributed by atoms with Crippen molar-refractivity contribution in [3.05, 3.63) is 83.8 Å². The molecule has 0 bridgehead atoms. The van der Waals surface area contributed by atoms with Crippen molar-refractivity contribution in [2.24, 2.45) is 10.2 Å². The fraction of sp³-hybridized carbons (Fsp3) is 0.0476. The molecule has 2 aromatic carbocycles. The minimum atomic E-state index is -0.315. The third kappa shape index (κ3) is 3.18. The highest BCUT2D eigenvalue weighted by atomic mass is 19.1. The van der Waals surface area contributed by atoms with Crippen LogP contribution in [0.15, 0.2) is 77.1 Å². The summed E-state index contributed by atoms with van der Waals surface area (Å²) < 4.78 is 15.1. The van der Waals surface area contributed by atoms with Crippen LogP contribution in [0.5, 0.6) is 0 Å². The summed E-state index contributed by atoms with van der Waals surface area (Å²) in [6.45, 7) is 1.98. The average molecular weight is 355 g/mol. The van der Waals surface area contributed by atoms with Crippen LogP contribution in [-0.4, -0.2) is 9.38 Å². The monoisotopic (exact) mass is 355 g/mol. The number of azo groups is 1. The summed E-state index contributed by atoms with van der Waals surface area (Å²) in [7, 11) is 0. The fourth-order valence-electron chi connectivity index (χ4n) is 2.79. The molecule has 0 N–H and O–H groups in total. The molecule has 0 saturated carbocycles. The Kier molecular flexibility index (Phi) is 4.19. The van der Waals surface area contributed by atoms with Crippen LogP contribution in [0.3, 0.4) is 0 Å². The van der Waals surface area contributed by atoms with Crippen LogP contribution in [0, 0.1) is 24.1 Å². The van der Waals surface area contributed by atoms with Gasteiger partial charge in [-0.3, -0.25) is 4.40 Å². The lowest BCUT2D eigenvalue weighted by atomic mass is 10.1. The molecule has 0 atom stereocenters. The molecule has 0 amide bonds. The molecule has 27 heavy (non-hydrogen) atoms. The molecule has 6 heteroatoms. The number of hydrogen-bond acceptors (Lipinski definition) is 4. The predicted molar refractivity (Wildman–Crippen MR) is 101 cm³/mol. The maximum Gasteiger partial charge on any atom is 0.187 e. The van der Waals surface area contributed by atoms with Crippen molar-refractivity contribution in [3.8, 4) is 17.3 Å². The number of halogens is 1.